The number of pyridine rings is 1. The van der Waals surface area contributed by atoms with Crippen molar-refractivity contribution in [2.75, 3.05) is 11.4 Å². The predicted octanol–water partition coefficient (Wildman–Crippen LogP) is 2.08. The van der Waals surface area contributed by atoms with Crippen molar-refractivity contribution >= 4 is 36.0 Å². The number of amides is 1. The van der Waals surface area contributed by atoms with Crippen LogP contribution in [0.3, 0.4) is 0 Å². The fraction of sp³-hybridized carbons (Fsp3) is 0.400. The number of hydrogen-bond acceptors (Lipinski definition) is 3. The molecule has 0 radical (unpaired) electrons. The number of rotatable bonds is 1. The summed E-state index contributed by atoms with van der Waals surface area (Å²) in [5.74, 6) is 0.739. The lowest BCUT2D eigenvalue weighted by molar-refractivity contribution is -0.117. The Balaban J connectivity index is 2.30. The third-order valence-electron chi connectivity index (χ3n) is 2.41. The fourth-order valence-electron chi connectivity index (χ4n) is 1.58. The Labute approximate surface area is 98.8 Å². The summed E-state index contributed by atoms with van der Waals surface area (Å²) in [7, 11) is 0. The van der Waals surface area contributed by atoms with Gasteiger partial charge < -0.3 is 0 Å². The summed E-state index contributed by atoms with van der Waals surface area (Å²) >= 11 is 10.2. The third-order valence-corrected chi connectivity index (χ3v) is 3.16. The van der Waals surface area contributed by atoms with Crippen molar-refractivity contribution in [1.29, 1.82) is 0 Å². The van der Waals surface area contributed by atoms with Crippen LogP contribution in [-0.2, 0) is 4.79 Å². The van der Waals surface area contributed by atoms with Crippen LogP contribution in [0.15, 0.2) is 12.3 Å². The largest absolute Gasteiger partial charge is 0.296 e. The van der Waals surface area contributed by atoms with E-state index in [-0.39, 0.29) is 11.2 Å². The number of aromatic nitrogens is 1. The zero-order valence-corrected chi connectivity index (χ0v) is 9.92. The second-order valence-electron chi connectivity index (χ2n) is 3.65. The Morgan fingerprint density at radius 3 is 2.93 bits per heavy atom. The van der Waals surface area contributed by atoms with E-state index in [1.165, 1.54) is 0 Å². The molecular weight excluding hydrogens is 232 g/mol. The van der Waals surface area contributed by atoms with Gasteiger partial charge in [0.2, 0.25) is 5.91 Å². The van der Waals surface area contributed by atoms with E-state index in [4.69, 9.17) is 11.6 Å². The van der Waals surface area contributed by atoms with Crippen molar-refractivity contribution < 1.29 is 4.79 Å². The molecule has 1 aromatic rings. The minimum absolute atomic E-state index is 0.0734. The van der Waals surface area contributed by atoms with E-state index in [1.54, 1.807) is 11.1 Å². The molecule has 5 heteroatoms. The maximum Gasteiger partial charge on any atom is 0.229 e. The van der Waals surface area contributed by atoms with E-state index in [0.717, 1.165) is 5.56 Å². The monoisotopic (exact) mass is 242 g/mol. The van der Waals surface area contributed by atoms with Crippen LogP contribution in [0, 0.1) is 6.92 Å². The molecule has 80 valence electrons. The van der Waals surface area contributed by atoms with Crippen LogP contribution in [0.4, 0.5) is 5.82 Å². The summed E-state index contributed by atoms with van der Waals surface area (Å²) in [6.45, 7) is 2.52. The van der Waals surface area contributed by atoms with Gasteiger partial charge in [0.15, 0.2) is 0 Å². The van der Waals surface area contributed by atoms with Crippen LogP contribution in [0.2, 0.25) is 5.02 Å². The predicted molar refractivity (Wildman–Crippen MR) is 63.7 cm³/mol. The molecule has 0 aromatic carbocycles. The highest BCUT2D eigenvalue weighted by Crippen LogP contribution is 2.25. The quantitative estimate of drug-likeness (QED) is 0.765. The lowest BCUT2D eigenvalue weighted by Crippen LogP contribution is -2.25. The molecule has 1 atom stereocenters. The lowest BCUT2D eigenvalue weighted by atomic mass is 10.3. The average molecular weight is 243 g/mol. The normalized spacial score (nSPS) is 21.1. The molecule has 15 heavy (non-hydrogen) atoms. The number of aryl methyl sites for hydroxylation is 1. The smallest absolute Gasteiger partial charge is 0.229 e. The van der Waals surface area contributed by atoms with Gasteiger partial charge in [0.25, 0.3) is 0 Å². The van der Waals surface area contributed by atoms with Gasteiger partial charge in [-0.1, -0.05) is 11.6 Å². The molecule has 1 aliphatic rings. The highest BCUT2D eigenvalue weighted by molar-refractivity contribution is 7.81. The second-order valence-corrected chi connectivity index (χ2v) is 4.79. The molecule has 2 heterocycles. The van der Waals surface area contributed by atoms with Crippen molar-refractivity contribution in [1.82, 2.24) is 4.98 Å². The van der Waals surface area contributed by atoms with E-state index >= 15 is 0 Å². The summed E-state index contributed by atoms with van der Waals surface area (Å²) < 4.78 is 0. The SMILES string of the molecule is Cc1cc(N2CC(S)CC2=O)ncc1Cl. The molecule has 0 aliphatic carbocycles. The molecular formula is C10H11ClN2OS. The van der Waals surface area contributed by atoms with Crippen LogP contribution in [0.25, 0.3) is 0 Å². The van der Waals surface area contributed by atoms with Gasteiger partial charge in [-0.2, -0.15) is 12.6 Å². The van der Waals surface area contributed by atoms with Gasteiger partial charge in [-0.3, -0.25) is 9.69 Å². The first-order valence-corrected chi connectivity index (χ1v) is 5.58. The van der Waals surface area contributed by atoms with Crippen molar-refractivity contribution in [3.8, 4) is 0 Å². The summed E-state index contributed by atoms with van der Waals surface area (Å²) in [5, 5.41) is 0.725. The van der Waals surface area contributed by atoms with Gasteiger partial charge in [-0.25, -0.2) is 4.98 Å². The molecule has 0 N–H and O–H groups in total. The number of anilines is 1. The molecule has 0 spiro atoms. The van der Waals surface area contributed by atoms with Gasteiger partial charge >= 0.3 is 0 Å². The van der Waals surface area contributed by atoms with Crippen molar-refractivity contribution in [3.05, 3.63) is 22.8 Å². The maximum atomic E-state index is 11.6. The van der Waals surface area contributed by atoms with Crippen molar-refractivity contribution in [2.45, 2.75) is 18.6 Å². The zero-order chi connectivity index (χ0) is 11.0. The van der Waals surface area contributed by atoms with E-state index in [2.05, 4.69) is 17.6 Å². The average Bonchev–Trinajstić information content (AvgIpc) is 2.50. The number of hydrogen-bond donors (Lipinski definition) is 1. The molecule has 1 aromatic heterocycles. The molecule has 3 nitrogen and oxygen atoms in total. The Hall–Kier alpha value is -0.740. The molecule has 1 amide bonds. The number of carbonyl (C=O) groups is 1. The fourth-order valence-corrected chi connectivity index (χ4v) is 2.01. The van der Waals surface area contributed by atoms with Crippen molar-refractivity contribution in [2.24, 2.45) is 0 Å². The zero-order valence-electron chi connectivity index (χ0n) is 8.27. The highest BCUT2D eigenvalue weighted by Gasteiger charge is 2.29. The summed E-state index contributed by atoms with van der Waals surface area (Å²) in [5.41, 5.74) is 0.928. The molecule has 1 saturated heterocycles. The molecule has 0 bridgehead atoms. The van der Waals surface area contributed by atoms with Crippen LogP contribution in [0.5, 0.6) is 0 Å². The first-order valence-electron chi connectivity index (χ1n) is 4.68. The van der Waals surface area contributed by atoms with E-state index in [9.17, 15) is 4.79 Å². The molecule has 1 unspecified atom stereocenters. The summed E-state index contributed by atoms with van der Waals surface area (Å²) in [6, 6.07) is 1.83. The van der Waals surface area contributed by atoms with Crippen LogP contribution < -0.4 is 4.90 Å². The number of carbonyl (C=O) groups excluding carboxylic acids is 1. The van der Waals surface area contributed by atoms with Crippen LogP contribution >= 0.6 is 24.2 Å². The lowest BCUT2D eigenvalue weighted by Gasteiger charge is -2.15. The first kappa shape index (κ1) is 10.8. The van der Waals surface area contributed by atoms with Gasteiger partial charge in [-0.15, -0.1) is 0 Å². The highest BCUT2D eigenvalue weighted by atomic mass is 35.5. The van der Waals surface area contributed by atoms with E-state index in [0.29, 0.717) is 23.8 Å². The summed E-state index contributed by atoms with van der Waals surface area (Å²) in [4.78, 5) is 17.4. The summed E-state index contributed by atoms with van der Waals surface area (Å²) in [6.07, 6.45) is 2.05. The van der Waals surface area contributed by atoms with Gasteiger partial charge in [0, 0.05) is 24.4 Å². The van der Waals surface area contributed by atoms with Gasteiger partial charge in [0.1, 0.15) is 5.82 Å². The number of halogens is 1. The third kappa shape index (κ3) is 2.11. The maximum absolute atomic E-state index is 11.6. The van der Waals surface area contributed by atoms with Gasteiger partial charge in [0.05, 0.1) is 5.02 Å². The first-order chi connectivity index (χ1) is 7.08. The molecule has 1 fully saturated rings. The van der Waals surface area contributed by atoms with Gasteiger partial charge in [-0.05, 0) is 18.6 Å². The number of thiol groups is 1. The van der Waals surface area contributed by atoms with E-state index < -0.39 is 0 Å². The van der Waals surface area contributed by atoms with E-state index in [1.807, 2.05) is 13.0 Å². The Morgan fingerprint density at radius 1 is 1.67 bits per heavy atom. The van der Waals surface area contributed by atoms with Crippen LogP contribution in [-0.4, -0.2) is 22.7 Å². The van der Waals surface area contributed by atoms with Crippen molar-refractivity contribution in [3.63, 3.8) is 0 Å². The second kappa shape index (κ2) is 4.02. The Morgan fingerprint density at radius 2 is 2.40 bits per heavy atom. The minimum Gasteiger partial charge on any atom is -0.296 e. The van der Waals surface area contributed by atoms with Crippen LogP contribution in [0.1, 0.15) is 12.0 Å². The molecule has 2 rings (SSSR count). The topological polar surface area (TPSA) is 33.2 Å². The standard InChI is InChI=1S/C10H11ClN2OS/c1-6-2-9(12-4-8(6)11)13-5-7(15)3-10(13)14/h2,4,7,15H,3,5H2,1H3. The Bertz CT molecular complexity index is 410. The number of nitrogens with zero attached hydrogens (tertiary/aromatic N) is 2. The minimum atomic E-state index is 0.0734. The Kier molecular flexibility index (Phi) is 2.89. The molecule has 0 saturated carbocycles. The molecule has 1 aliphatic heterocycles.